The molecule has 2 nitrogen and oxygen atoms in total. The molecule has 0 aromatic heterocycles. The minimum absolute atomic E-state index is 0.154. The fourth-order valence-corrected chi connectivity index (χ4v) is 1.21. The second kappa shape index (κ2) is 6.05. The molecule has 0 saturated heterocycles. The van der Waals surface area contributed by atoms with E-state index in [1.807, 2.05) is 20.8 Å². The number of carbonyl (C=O) groups is 1. The third kappa shape index (κ3) is 6.01. The van der Waals surface area contributed by atoms with Crippen molar-refractivity contribution in [1.29, 1.82) is 0 Å². The van der Waals surface area contributed by atoms with Crippen molar-refractivity contribution in [3.8, 4) is 0 Å². The molecule has 0 heterocycles. The van der Waals surface area contributed by atoms with E-state index in [-0.39, 0.29) is 11.3 Å². The number of nitrogens with one attached hydrogen (secondary N) is 1. The van der Waals surface area contributed by atoms with E-state index in [0.717, 1.165) is 6.42 Å². The van der Waals surface area contributed by atoms with Crippen LogP contribution in [0.5, 0.6) is 0 Å². The van der Waals surface area contributed by atoms with Gasteiger partial charge in [-0.2, -0.15) is 0 Å². The molecule has 14 heavy (non-hydrogen) atoms. The first-order valence-electron chi connectivity index (χ1n) is 5.69. The molecule has 0 aliphatic rings. The summed E-state index contributed by atoms with van der Waals surface area (Å²) >= 11 is 0. The Morgan fingerprint density at radius 2 is 1.86 bits per heavy atom. The van der Waals surface area contributed by atoms with Crippen molar-refractivity contribution >= 4 is 5.91 Å². The van der Waals surface area contributed by atoms with Gasteiger partial charge in [0.25, 0.3) is 0 Å². The van der Waals surface area contributed by atoms with Gasteiger partial charge in [-0.25, -0.2) is 0 Å². The molecule has 2 heteroatoms. The fraction of sp³-hybridized carbons (Fsp3) is 0.917. The van der Waals surface area contributed by atoms with Gasteiger partial charge in [-0.15, -0.1) is 0 Å². The van der Waals surface area contributed by atoms with Crippen LogP contribution >= 0.6 is 0 Å². The summed E-state index contributed by atoms with van der Waals surface area (Å²) < 4.78 is 0. The van der Waals surface area contributed by atoms with E-state index >= 15 is 0 Å². The van der Waals surface area contributed by atoms with Gasteiger partial charge in [0.2, 0.25) is 5.91 Å². The Kier molecular flexibility index (Phi) is 5.82. The van der Waals surface area contributed by atoms with Gasteiger partial charge in [-0.3, -0.25) is 4.79 Å². The van der Waals surface area contributed by atoms with Gasteiger partial charge in [0.15, 0.2) is 0 Å². The first kappa shape index (κ1) is 13.5. The molecule has 0 spiro atoms. The Morgan fingerprint density at radius 1 is 1.29 bits per heavy atom. The van der Waals surface area contributed by atoms with Crippen LogP contribution in [-0.2, 0) is 4.79 Å². The van der Waals surface area contributed by atoms with Crippen molar-refractivity contribution in [1.82, 2.24) is 5.32 Å². The standard InChI is InChI=1S/C12H25NO/c1-6-7-8-9-10(2)13-11(14)12(3,4)5/h10H,6-9H2,1-5H3,(H,13,14). The summed E-state index contributed by atoms with van der Waals surface area (Å²) in [5.41, 5.74) is -0.265. The molecule has 0 bridgehead atoms. The molecule has 0 aromatic carbocycles. The molecule has 0 rings (SSSR count). The average molecular weight is 199 g/mol. The summed E-state index contributed by atoms with van der Waals surface area (Å²) in [6.45, 7) is 10.1. The van der Waals surface area contributed by atoms with Crippen molar-refractivity contribution in [3.05, 3.63) is 0 Å². The lowest BCUT2D eigenvalue weighted by Gasteiger charge is -2.21. The first-order valence-corrected chi connectivity index (χ1v) is 5.69. The lowest BCUT2D eigenvalue weighted by atomic mass is 9.95. The normalized spacial score (nSPS) is 13.8. The highest BCUT2D eigenvalue weighted by Gasteiger charge is 2.22. The predicted octanol–water partition coefficient (Wildman–Crippen LogP) is 3.12. The second-order valence-corrected chi connectivity index (χ2v) is 5.12. The zero-order chi connectivity index (χ0) is 11.2. The molecule has 84 valence electrons. The first-order chi connectivity index (χ1) is 6.38. The Hall–Kier alpha value is -0.530. The quantitative estimate of drug-likeness (QED) is 0.677. The van der Waals surface area contributed by atoms with Gasteiger partial charge in [-0.1, -0.05) is 47.0 Å². The molecule has 1 atom stereocenters. The Balaban J connectivity index is 3.72. The zero-order valence-electron chi connectivity index (χ0n) is 10.3. The summed E-state index contributed by atoms with van der Waals surface area (Å²) in [6, 6.07) is 0.313. The third-order valence-electron chi connectivity index (χ3n) is 2.30. The van der Waals surface area contributed by atoms with E-state index in [2.05, 4.69) is 19.2 Å². The lowest BCUT2D eigenvalue weighted by Crippen LogP contribution is -2.40. The van der Waals surface area contributed by atoms with Gasteiger partial charge in [0.05, 0.1) is 0 Å². The maximum atomic E-state index is 11.6. The Bertz CT molecular complexity index is 170. The maximum Gasteiger partial charge on any atom is 0.225 e. The molecule has 0 aromatic rings. The summed E-state index contributed by atoms with van der Waals surface area (Å²) in [5, 5.41) is 3.04. The van der Waals surface area contributed by atoms with Crippen molar-refractivity contribution in [2.75, 3.05) is 0 Å². The van der Waals surface area contributed by atoms with E-state index in [1.54, 1.807) is 0 Å². The summed E-state index contributed by atoms with van der Waals surface area (Å²) in [5.74, 6) is 0.154. The van der Waals surface area contributed by atoms with Crippen LogP contribution < -0.4 is 5.32 Å². The molecule has 0 radical (unpaired) electrons. The van der Waals surface area contributed by atoms with E-state index in [9.17, 15) is 4.79 Å². The largest absolute Gasteiger partial charge is 0.353 e. The van der Waals surface area contributed by atoms with Crippen LogP contribution in [0.3, 0.4) is 0 Å². The van der Waals surface area contributed by atoms with Crippen LogP contribution in [0.15, 0.2) is 0 Å². The molecular formula is C12H25NO. The summed E-state index contributed by atoms with van der Waals surface area (Å²) in [6.07, 6.45) is 4.80. The van der Waals surface area contributed by atoms with Crippen LogP contribution in [-0.4, -0.2) is 11.9 Å². The topological polar surface area (TPSA) is 29.1 Å². The van der Waals surface area contributed by atoms with E-state index in [0.29, 0.717) is 6.04 Å². The maximum absolute atomic E-state index is 11.6. The minimum Gasteiger partial charge on any atom is -0.353 e. The minimum atomic E-state index is -0.265. The number of unbranched alkanes of at least 4 members (excludes halogenated alkanes) is 2. The van der Waals surface area contributed by atoms with Crippen molar-refractivity contribution in [3.63, 3.8) is 0 Å². The van der Waals surface area contributed by atoms with E-state index in [1.165, 1.54) is 19.3 Å². The average Bonchev–Trinajstić information content (AvgIpc) is 2.03. The van der Waals surface area contributed by atoms with Crippen LogP contribution in [0.2, 0.25) is 0 Å². The van der Waals surface area contributed by atoms with Crippen LogP contribution in [0.1, 0.15) is 60.3 Å². The van der Waals surface area contributed by atoms with Gasteiger partial charge < -0.3 is 5.32 Å². The van der Waals surface area contributed by atoms with Crippen molar-refractivity contribution in [2.45, 2.75) is 66.3 Å². The van der Waals surface area contributed by atoms with Crippen LogP contribution in [0, 0.1) is 5.41 Å². The molecular weight excluding hydrogens is 174 g/mol. The molecule has 1 unspecified atom stereocenters. The molecule has 0 fully saturated rings. The molecule has 0 saturated carbocycles. The van der Waals surface area contributed by atoms with E-state index < -0.39 is 0 Å². The van der Waals surface area contributed by atoms with Crippen LogP contribution in [0.4, 0.5) is 0 Å². The highest BCUT2D eigenvalue weighted by atomic mass is 16.2. The number of rotatable bonds is 5. The summed E-state index contributed by atoms with van der Waals surface area (Å²) in [7, 11) is 0. The molecule has 1 amide bonds. The second-order valence-electron chi connectivity index (χ2n) is 5.12. The lowest BCUT2D eigenvalue weighted by molar-refractivity contribution is -0.129. The molecule has 1 N–H and O–H groups in total. The predicted molar refractivity (Wildman–Crippen MR) is 61.2 cm³/mol. The monoisotopic (exact) mass is 199 g/mol. The smallest absolute Gasteiger partial charge is 0.225 e. The number of amides is 1. The highest BCUT2D eigenvalue weighted by Crippen LogP contribution is 2.13. The van der Waals surface area contributed by atoms with Crippen molar-refractivity contribution < 1.29 is 4.79 Å². The Labute approximate surface area is 88.5 Å². The van der Waals surface area contributed by atoms with Gasteiger partial charge in [0, 0.05) is 11.5 Å². The van der Waals surface area contributed by atoms with Gasteiger partial charge in [-0.05, 0) is 13.3 Å². The number of carbonyl (C=O) groups excluding carboxylic acids is 1. The Morgan fingerprint density at radius 3 is 2.29 bits per heavy atom. The van der Waals surface area contributed by atoms with Crippen LogP contribution in [0.25, 0.3) is 0 Å². The van der Waals surface area contributed by atoms with E-state index in [4.69, 9.17) is 0 Å². The zero-order valence-corrected chi connectivity index (χ0v) is 10.3. The molecule has 0 aliphatic heterocycles. The fourth-order valence-electron chi connectivity index (χ4n) is 1.21. The van der Waals surface area contributed by atoms with Gasteiger partial charge in [0.1, 0.15) is 0 Å². The summed E-state index contributed by atoms with van der Waals surface area (Å²) in [4.78, 5) is 11.6. The van der Waals surface area contributed by atoms with Gasteiger partial charge >= 0.3 is 0 Å². The molecule has 0 aliphatic carbocycles. The highest BCUT2D eigenvalue weighted by molar-refractivity contribution is 5.81. The SMILES string of the molecule is CCCCCC(C)NC(=O)C(C)(C)C. The number of hydrogen-bond acceptors (Lipinski definition) is 1. The number of hydrogen-bond donors (Lipinski definition) is 1. The van der Waals surface area contributed by atoms with Crippen molar-refractivity contribution in [2.24, 2.45) is 5.41 Å². The third-order valence-corrected chi connectivity index (χ3v) is 2.30.